The minimum atomic E-state index is -1.11. The van der Waals surface area contributed by atoms with Crippen molar-refractivity contribution >= 4 is 11.9 Å². The van der Waals surface area contributed by atoms with Crippen LogP contribution in [-0.4, -0.2) is 28.9 Å². The third-order valence-electron chi connectivity index (χ3n) is 3.05. The van der Waals surface area contributed by atoms with Crippen LogP contribution in [0.2, 0.25) is 0 Å². The second-order valence-electron chi connectivity index (χ2n) is 5.79. The molecule has 1 rings (SSSR count). The van der Waals surface area contributed by atoms with Crippen LogP contribution >= 0.6 is 0 Å². The van der Waals surface area contributed by atoms with Crippen LogP contribution in [0.25, 0.3) is 0 Å². The summed E-state index contributed by atoms with van der Waals surface area (Å²) in [6, 6.07) is 0. The van der Waals surface area contributed by atoms with Crippen LogP contribution in [0, 0.1) is 5.41 Å². The van der Waals surface area contributed by atoms with Gasteiger partial charge in [-0.15, -0.1) is 0 Å². The number of halogens is 1. The molecule has 102 valence electrons. The monoisotopic (exact) mass is 257 g/mol. The summed E-state index contributed by atoms with van der Waals surface area (Å²) in [5.74, 6) is -0.827. The summed E-state index contributed by atoms with van der Waals surface area (Å²) in [5.41, 5.74) is -1.73. The first-order valence-corrected chi connectivity index (χ1v) is 5.95. The number of allylic oxidation sites excluding steroid dienone is 1. The molecule has 18 heavy (non-hydrogen) atoms. The Hall–Kier alpha value is -1.39. The highest BCUT2D eigenvalue weighted by Crippen LogP contribution is 2.37. The Labute approximate surface area is 107 Å². The van der Waals surface area contributed by atoms with E-state index in [0.717, 1.165) is 6.20 Å². The van der Waals surface area contributed by atoms with E-state index in [9.17, 15) is 14.0 Å². The fraction of sp³-hybridized carbons (Fsp3) is 0.692. The van der Waals surface area contributed by atoms with Gasteiger partial charge >= 0.3 is 6.09 Å². The molecule has 1 aliphatic heterocycles. The predicted octanol–water partition coefficient (Wildman–Crippen LogP) is 3.03. The molecule has 0 aliphatic carbocycles. The van der Waals surface area contributed by atoms with E-state index in [-0.39, 0.29) is 18.7 Å². The number of ether oxygens (including phenoxy) is 1. The molecular weight excluding hydrogens is 237 g/mol. The van der Waals surface area contributed by atoms with Gasteiger partial charge in [0.2, 0.25) is 0 Å². The molecule has 5 heteroatoms. The van der Waals surface area contributed by atoms with E-state index in [4.69, 9.17) is 4.74 Å². The Morgan fingerprint density at radius 1 is 1.44 bits per heavy atom. The molecule has 1 aliphatic rings. The normalized spacial score (nSPS) is 24.6. The standard InChI is InChI=1S/C13H20FNO3/c1-9(16)13(5)6-7-15(8-10(13)14)11(17)18-12(2,3)4/h8H,6-7H2,1-5H3. The lowest BCUT2D eigenvalue weighted by Crippen LogP contribution is -2.41. The minimum Gasteiger partial charge on any atom is -0.443 e. The lowest BCUT2D eigenvalue weighted by molar-refractivity contribution is -0.125. The highest BCUT2D eigenvalue weighted by molar-refractivity contribution is 5.85. The molecule has 0 fully saturated rings. The van der Waals surface area contributed by atoms with Crippen LogP contribution in [0.3, 0.4) is 0 Å². The van der Waals surface area contributed by atoms with E-state index in [1.54, 1.807) is 27.7 Å². The molecule has 0 aromatic carbocycles. The van der Waals surface area contributed by atoms with Gasteiger partial charge in [-0.05, 0) is 41.0 Å². The van der Waals surface area contributed by atoms with Crippen LogP contribution < -0.4 is 0 Å². The zero-order valence-corrected chi connectivity index (χ0v) is 11.5. The summed E-state index contributed by atoms with van der Waals surface area (Å²) in [6.07, 6.45) is 0.742. The number of nitrogens with zero attached hydrogens (tertiary/aromatic N) is 1. The van der Waals surface area contributed by atoms with Gasteiger partial charge in [-0.25, -0.2) is 9.18 Å². The quantitative estimate of drug-likeness (QED) is 0.725. The molecule has 1 heterocycles. The smallest absolute Gasteiger partial charge is 0.414 e. The van der Waals surface area contributed by atoms with Crippen molar-refractivity contribution in [2.75, 3.05) is 6.54 Å². The number of carbonyl (C=O) groups is 2. The average molecular weight is 257 g/mol. The molecule has 0 spiro atoms. The van der Waals surface area contributed by atoms with Gasteiger partial charge < -0.3 is 4.74 Å². The summed E-state index contributed by atoms with van der Waals surface area (Å²) in [7, 11) is 0. The maximum atomic E-state index is 13.9. The molecule has 4 nitrogen and oxygen atoms in total. The van der Waals surface area contributed by atoms with Crippen molar-refractivity contribution in [1.29, 1.82) is 0 Å². The third-order valence-corrected chi connectivity index (χ3v) is 3.05. The first-order chi connectivity index (χ1) is 8.06. The van der Waals surface area contributed by atoms with E-state index in [0.29, 0.717) is 0 Å². The molecule has 0 bridgehead atoms. The molecule has 0 radical (unpaired) electrons. The molecule has 0 saturated carbocycles. The van der Waals surface area contributed by atoms with Gasteiger partial charge in [-0.3, -0.25) is 9.69 Å². The summed E-state index contributed by atoms with van der Waals surface area (Å²) in [4.78, 5) is 24.3. The fourth-order valence-corrected chi connectivity index (χ4v) is 1.62. The molecule has 1 atom stereocenters. The Morgan fingerprint density at radius 3 is 2.39 bits per heavy atom. The highest BCUT2D eigenvalue weighted by Gasteiger charge is 2.40. The van der Waals surface area contributed by atoms with Gasteiger partial charge in [0, 0.05) is 12.7 Å². The van der Waals surface area contributed by atoms with Crippen molar-refractivity contribution in [3.05, 3.63) is 12.0 Å². The Kier molecular flexibility index (Phi) is 3.84. The van der Waals surface area contributed by atoms with Crippen LogP contribution in [0.15, 0.2) is 12.0 Å². The first kappa shape index (κ1) is 14.7. The van der Waals surface area contributed by atoms with Crippen LogP contribution in [0.5, 0.6) is 0 Å². The number of Topliss-reactive ketones (excluding diaryl/α,β-unsaturated/α-hetero) is 1. The minimum absolute atomic E-state index is 0.236. The molecule has 1 amide bonds. The molecular formula is C13H20FNO3. The van der Waals surface area contributed by atoms with Gasteiger partial charge in [0.15, 0.2) is 0 Å². The van der Waals surface area contributed by atoms with E-state index < -0.39 is 22.9 Å². The lowest BCUT2D eigenvalue weighted by Gasteiger charge is -2.34. The van der Waals surface area contributed by atoms with E-state index in [1.807, 2.05) is 0 Å². The van der Waals surface area contributed by atoms with Gasteiger partial charge in [0.25, 0.3) is 0 Å². The Bertz CT molecular complexity index is 398. The largest absolute Gasteiger partial charge is 0.443 e. The molecule has 1 unspecified atom stereocenters. The topological polar surface area (TPSA) is 46.6 Å². The van der Waals surface area contributed by atoms with Crippen molar-refractivity contribution < 1.29 is 18.7 Å². The summed E-state index contributed by atoms with van der Waals surface area (Å²) < 4.78 is 19.1. The molecule has 0 aromatic heterocycles. The second kappa shape index (κ2) is 4.71. The zero-order chi connectivity index (χ0) is 14.1. The third kappa shape index (κ3) is 3.09. The lowest BCUT2D eigenvalue weighted by atomic mass is 9.80. The first-order valence-electron chi connectivity index (χ1n) is 5.95. The molecule has 0 saturated heterocycles. The number of amides is 1. The summed E-state index contributed by atoms with van der Waals surface area (Å²) in [6.45, 7) is 8.42. The highest BCUT2D eigenvalue weighted by atomic mass is 19.1. The van der Waals surface area contributed by atoms with Gasteiger partial charge in [-0.2, -0.15) is 0 Å². The van der Waals surface area contributed by atoms with Crippen LogP contribution in [-0.2, 0) is 9.53 Å². The molecule has 0 N–H and O–H groups in total. The van der Waals surface area contributed by atoms with Crippen LogP contribution in [0.4, 0.5) is 9.18 Å². The van der Waals surface area contributed by atoms with Crippen molar-refractivity contribution in [3.8, 4) is 0 Å². The maximum Gasteiger partial charge on any atom is 0.414 e. The number of ketones is 1. The maximum absolute atomic E-state index is 13.9. The molecule has 0 aromatic rings. The van der Waals surface area contributed by atoms with Gasteiger partial charge in [0.1, 0.15) is 17.2 Å². The van der Waals surface area contributed by atoms with E-state index >= 15 is 0 Å². The number of hydrogen-bond acceptors (Lipinski definition) is 3. The summed E-state index contributed by atoms with van der Waals surface area (Å²) in [5, 5.41) is 0. The number of rotatable bonds is 1. The fourth-order valence-electron chi connectivity index (χ4n) is 1.62. The Morgan fingerprint density at radius 2 is 2.00 bits per heavy atom. The Balaban J connectivity index is 2.84. The number of carbonyl (C=O) groups excluding carboxylic acids is 2. The van der Waals surface area contributed by atoms with Gasteiger partial charge in [-0.1, -0.05) is 0 Å². The predicted molar refractivity (Wildman–Crippen MR) is 65.5 cm³/mol. The number of hydrogen-bond donors (Lipinski definition) is 0. The van der Waals surface area contributed by atoms with E-state index in [2.05, 4.69) is 0 Å². The zero-order valence-electron chi connectivity index (χ0n) is 11.5. The second-order valence-corrected chi connectivity index (χ2v) is 5.79. The van der Waals surface area contributed by atoms with Crippen molar-refractivity contribution in [3.63, 3.8) is 0 Å². The SMILES string of the molecule is CC(=O)C1(C)CCN(C(=O)OC(C)(C)C)C=C1F. The van der Waals surface area contributed by atoms with Crippen LogP contribution in [0.1, 0.15) is 41.0 Å². The van der Waals surface area contributed by atoms with Gasteiger partial charge in [0.05, 0.1) is 5.41 Å². The van der Waals surface area contributed by atoms with Crippen molar-refractivity contribution in [2.45, 2.75) is 46.6 Å². The average Bonchev–Trinajstić information content (AvgIpc) is 2.19. The van der Waals surface area contributed by atoms with Crippen molar-refractivity contribution in [1.82, 2.24) is 4.90 Å². The van der Waals surface area contributed by atoms with Crippen molar-refractivity contribution in [2.24, 2.45) is 5.41 Å². The summed E-state index contributed by atoms with van der Waals surface area (Å²) >= 11 is 0. The van der Waals surface area contributed by atoms with E-state index in [1.165, 1.54) is 11.8 Å².